The van der Waals surface area contributed by atoms with E-state index in [1.807, 2.05) is 26.8 Å². The Hall–Kier alpha value is -3.48. The van der Waals surface area contributed by atoms with Gasteiger partial charge in [-0.1, -0.05) is 26.8 Å². The Morgan fingerprint density at radius 3 is 2.30 bits per heavy atom. The number of aromatic hydroxyl groups is 2. The third-order valence-corrected chi connectivity index (χ3v) is 5.74. The topological polar surface area (TPSA) is 123 Å². The molecule has 5 N–H and O–H groups in total. The highest BCUT2D eigenvalue weighted by molar-refractivity contribution is 6.07. The van der Waals surface area contributed by atoms with Gasteiger partial charge < -0.3 is 25.6 Å². The van der Waals surface area contributed by atoms with Crippen LogP contribution in [0, 0.1) is 0 Å². The number of carbonyl (C=O) groups is 2. The lowest BCUT2D eigenvalue weighted by atomic mass is 9.92. The van der Waals surface area contributed by atoms with Gasteiger partial charge in [0.15, 0.2) is 11.5 Å². The van der Waals surface area contributed by atoms with Gasteiger partial charge in [0.1, 0.15) is 0 Å². The first-order chi connectivity index (χ1) is 14.0. The molecule has 0 radical (unpaired) electrons. The van der Waals surface area contributed by atoms with E-state index in [1.165, 1.54) is 18.2 Å². The van der Waals surface area contributed by atoms with Crippen LogP contribution in [-0.4, -0.2) is 32.2 Å². The maximum Gasteiger partial charge on any atom is 0.337 e. The third kappa shape index (κ3) is 3.26. The van der Waals surface area contributed by atoms with Crippen LogP contribution >= 0.6 is 0 Å². The number of hydrogen-bond donors (Lipinski definition) is 5. The zero-order valence-electron chi connectivity index (χ0n) is 17.0. The van der Waals surface area contributed by atoms with Gasteiger partial charge >= 0.3 is 5.97 Å². The number of aromatic amines is 1. The second-order valence-electron chi connectivity index (χ2n) is 8.97. The van der Waals surface area contributed by atoms with Crippen molar-refractivity contribution >= 4 is 28.5 Å². The Morgan fingerprint density at radius 2 is 1.73 bits per heavy atom. The molecular weight excluding hydrogens is 384 g/mol. The summed E-state index contributed by atoms with van der Waals surface area (Å²) in [7, 11) is 0. The van der Waals surface area contributed by atoms with Crippen molar-refractivity contribution in [2.75, 3.05) is 5.32 Å². The quantitative estimate of drug-likeness (QED) is 0.413. The number of carboxylic acid groups (broad SMARTS) is 1. The summed E-state index contributed by atoms with van der Waals surface area (Å²) < 4.78 is 0. The Morgan fingerprint density at radius 1 is 1.03 bits per heavy atom. The van der Waals surface area contributed by atoms with Crippen molar-refractivity contribution in [3.63, 3.8) is 0 Å². The van der Waals surface area contributed by atoms with Crippen molar-refractivity contribution in [1.29, 1.82) is 0 Å². The molecule has 1 saturated carbocycles. The molecule has 0 saturated heterocycles. The SMILES string of the molecule is CC(C)(C)c1cc2cc(NC(=O)C3(c4ccc(O)c(O)c4)CC3)cc(C(=O)O)c2[nH]1. The summed E-state index contributed by atoms with van der Waals surface area (Å²) in [5.41, 5.74) is 1.56. The average Bonchev–Trinajstić information content (AvgIpc) is 3.35. The van der Waals surface area contributed by atoms with Gasteiger partial charge in [-0.3, -0.25) is 4.79 Å². The van der Waals surface area contributed by atoms with Crippen molar-refractivity contribution in [3.8, 4) is 11.5 Å². The molecule has 0 aliphatic heterocycles. The maximum atomic E-state index is 13.1. The molecule has 156 valence electrons. The molecule has 0 unspecified atom stereocenters. The maximum absolute atomic E-state index is 13.1. The van der Waals surface area contributed by atoms with Crippen molar-refractivity contribution in [2.24, 2.45) is 0 Å². The van der Waals surface area contributed by atoms with Gasteiger partial charge in [0, 0.05) is 22.2 Å². The molecule has 30 heavy (non-hydrogen) atoms. The number of rotatable bonds is 4. The number of nitrogens with one attached hydrogen (secondary N) is 2. The second kappa shape index (κ2) is 6.52. The number of carboxylic acids is 1. The number of hydrogen-bond acceptors (Lipinski definition) is 4. The van der Waals surface area contributed by atoms with E-state index in [2.05, 4.69) is 10.3 Å². The standard InChI is InChI=1S/C23H24N2O5/c1-22(2,3)18-9-12-8-14(11-15(20(28)29)19(12)25-18)24-21(30)23(6-7-23)13-4-5-16(26)17(27)10-13/h4-5,8-11,25-27H,6-7H2,1-3H3,(H,24,30)(H,28,29). The summed E-state index contributed by atoms with van der Waals surface area (Å²) >= 11 is 0. The number of amides is 1. The summed E-state index contributed by atoms with van der Waals surface area (Å²) in [6.45, 7) is 6.10. The van der Waals surface area contributed by atoms with E-state index in [0.717, 1.165) is 5.69 Å². The first kappa shape index (κ1) is 19.8. The Kier molecular flexibility index (Phi) is 4.31. The fourth-order valence-electron chi connectivity index (χ4n) is 3.73. The summed E-state index contributed by atoms with van der Waals surface area (Å²) in [6.07, 6.45) is 1.21. The van der Waals surface area contributed by atoms with E-state index >= 15 is 0 Å². The van der Waals surface area contributed by atoms with Crippen LogP contribution in [0.25, 0.3) is 10.9 Å². The minimum atomic E-state index is -1.08. The lowest BCUT2D eigenvalue weighted by Crippen LogP contribution is -2.27. The van der Waals surface area contributed by atoms with Gasteiger partial charge in [-0.15, -0.1) is 0 Å². The van der Waals surface area contributed by atoms with Gasteiger partial charge in [-0.2, -0.15) is 0 Å². The molecule has 3 aromatic rings. The molecule has 1 aliphatic rings. The summed E-state index contributed by atoms with van der Waals surface area (Å²) in [5.74, 6) is -1.87. The highest BCUT2D eigenvalue weighted by Gasteiger charge is 2.51. The van der Waals surface area contributed by atoms with Gasteiger partial charge in [0.2, 0.25) is 5.91 Å². The van der Waals surface area contributed by atoms with Crippen molar-refractivity contribution in [2.45, 2.75) is 44.4 Å². The van der Waals surface area contributed by atoms with E-state index in [4.69, 9.17) is 0 Å². The second-order valence-corrected chi connectivity index (χ2v) is 8.97. The summed E-state index contributed by atoms with van der Waals surface area (Å²) in [5, 5.41) is 32.6. The smallest absolute Gasteiger partial charge is 0.337 e. The predicted molar refractivity (Wildman–Crippen MR) is 113 cm³/mol. The normalized spacial score (nSPS) is 15.2. The highest BCUT2D eigenvalue weighted by atomic mass is 16.4. The molecular formula is C23H24N2O5. The molecule has 0 spiro atoms. The molecule has 0 bridgehead atoms. The highest BCUT2D eigenvalue weighted by Crippen LogP contribution is 2.50. The Balaban J connectivity index is 1.70. The zero-order valence-corrected chi connectivity index (χ0v) is 17.0. The third-order valence-electron chi connectivity index (χ3n) is 5.74. The molecule has 1 amide bonds. The number of anilines is 1. The van der Waals surface area contributed by atoms with Crippen LogP contribution in [0.15, 0.2) is 36.4 Å². The average molecular weight is 408 g/mol. The van der Waals surface area contributed by atoms with Crippen LogP contribution in [0.5, 0.6) is 11.5 Å². The Labute approximate surface area is 173 Å². The minimum absolute atomic E-state index is 0.0884. The monoisotopic (exact) mass is 408 g/mol. The predicted octanol–water partition coefficient (Wildman–Crippen LogP) is 4.25. The molecule has 1 aromatic heterocycles. The number of carbonyl (C=O) groups excluding carboxylic acids is 1. The molecule has 0 atom stereocenters. The number of phenols is 2. The summed E-state index contributed by atoms with van der Waals surface area (Å²) in [6, 6.07) is 9.50. The molecule has 7 nitrogen and oxygen atoms in total. The molecule has 1 fully saturated rings. The lowest BCUT2D eigenvalue weighted by molar-refractivity contribution is -0.118. The first-order valence-electron chi connectivity index (χ1n) is 9.76. The number of H-pyrrole nitrogens is 1. The van der Waals surface area contributed by atoms with Crippen LogP contribution in [0.3, 0.4) is 0 Å². The lowest BCUT2D eigenvalue weighted by Gasteiger charge is -2.17. The van der Waals surface area contributed by atoms with E-state index in [0.29, 0.717) is 35.0 Å². The van der Waals surface area contributed by atoms with Crippen LogP contribution in [0.2, 0.25) is 0 Å². The number of fused-ring (bicyclic) bond motifs is 1. The van der Waals surface area contributed by atoms with Gasteiger partial charge in [-0.05, 0) is 48.7 Å². The van der Waals surface area contributed by atoms with E-state index in [-0.39, 0.29) is 28.4 Å². The van der Waals surface area contributed by atoms with E-state index in [1.54, 1.807) is 12.1 Å². The number of aromatic carboxylic acids is 1. The largest absolute Gasteiger partial charge is 0.504 e. The zero-order chi connectivity index (χ0) is 21.8. The fourth-order valence-corrected chi connectivity index (χ4v) is 3.73. The number of phenolic OH excluding ortho intramolecular Hbond substituents is 2. The van der Waals surface area contributed by atoms with Crippen LogP contribution in [0.4, 0.5) is 5.69 Å². The molecule has 4 rings (SSSR count). The molecule has 7 heteroatoms. The van der Waals surface area contributed by atoms with Crippen LogP contribution in [0.1, 0.15) is 55.2 Å². The fraction of sp³-hybridized carbons (Fsp3) is 0.304. The number of aromatic nitrogens is 1. The van der Waals surface area contributed by atoms with Crippen LogP contribution in [-0.2, 0) is 15.6 Å². The van der Waals surface area contributed by atoms with Gasteiger partial charge in [0.25, 0.3) is 0 Å². The van der Waals surface area contributed by atoms with Gasteiger partial charge in [-0.25, -0.2) is 4.79 Å². The first-order valence-corrected chi connectivity index (χ1v) is 9.76. The summed E-state index contributed by atoms with van der Waals surface area (Å²) in [4.78, 5) is 28.1. The van der Waals surface area contributed by atoms with Crippen molar-refractivity contribution < 1.29 is 24.9 Å². The van der Waals surface area contributed by atoms with Gasteiger partial charge in [0.05, 0.1) is 16.5 Å². The van der Waals surface area contributed by atoms with E-state index < -0.39 is 11.4 Å². The Bertz CT molecular complexity index is 1180. The molecule has 1 heterocycles. The van der Waals surface area contributed by atoms with Crippen LogP contribution < -0.4 is 5.32 Å². The van der Waals surface area contributed by atoms with Crippen molar-refractivity contribution in [1.82, 2.24) is 4.98 Å². The number of benzene rings is 2. The van der Waals surface area contributed by atoms with E-state index in [9.17, 15) is 24.9 Å². The van der Waals surface area contributed by atoms with Crippen molar-refractivity contribution in [3.05, 3.63) is 53.2 Å². The minimum Gasteiger partial charge on any atom is -0.504 e. The molecule has 1 aliphatic carbocycles. The molecule has 2 aromatic carbocycles.